The van der Waals surface area contributed by atoms with E-state index in [0.29, 0.717) is 45.5 Å². The van der Waals surface area contributed by atoms with Crippen LogP contribution >= 0.6 is 11.3 Å². The summed E-state index contributed by atoms with van der Waals surface area (Å²) in [5, 5.41) is 9.24. The number of carbonyl (C=O) groups excluding carboxylic acids is 1. The van der Waals surface area contributed by atoms with Crippen molar-refractivity contribution in [2.45, 2.75) is 26.7 Å². The van der Waals surface area contributed by atoms with Crippen molar-refractivity contribution in [2.75, 3.05) is 6.54 Å². The summed E-state index contributed by atoms with van der Waals surface area (Å²) < 4.78 is 17.3. The highest BCUT2D eigenvalue weighted by Gasteiger charge is 2.20. The maximum absolute atomic E-state index is 14.4. The van der Waals surface area contributed by atoms with Crippen molar-refractivity contribution >= 4 is 22.2 Å². The van der Waals surface area contributed by atoms with Crippen molar-refractivity contribution in [1.82, 2.24) is 24.5 Å². The molecule has 0 aliphatic carbocycles. The normalized spacial score (nSPS) is 11.2. The molecular weight excluding hydrogens is 477 g/mol. The number of halogens is 1. The standard InChI is InChI=1S/C27H24FN5O2S/c1-17-14-22(31-33(17)23-11-7-6-10-21(23)28)25-18(2)30-27-32(26(25)35)20(16-36-27)15-24(34)29-13-12-19-8-4-3-5-9-19/h3-11,14,16H,12-13,15H2,1-2H3,(H,29,34). The van der Waals surface area contributed by atoms with E-state index in [-0.39, 0.29) is 17.9 Å². The summed E-state index contributed by atoms with van der Waals surface area (Å²) in [6.45, 7) is 4.07. The first-order valence-corrected chi connectivity index (χ1v) is 12.4. The quantitative estimate of drug-likeness (QED) is 0.361. The third-order valence-electron chi connectivity index (χ3n) is 5.97. The van der Waals surface area contributed by atoms with Gasteiger partial charge in [-0.2, -0.15) is 5.10 Å². The molecule has 7 nitrogen and oxygen atoms in total. The molecule has 0 atom stereocenters. The van der Waals surface area contributed by atoms with E-state index < -0.39 is 5.82 Å². The van der Waals surface area contributed by atoms with Gasteiger partial charge in [0.05, 0.1) is 17.7 Å². The average molecular weight is 502 g/mol. The molecule has 0 aliphatic heterocycles. The number of hydrogen-bond acceptors (Lipinski definition) is 5. The molecular formula is C27H24FN5O2S. The van der Waals surface area contributed by atoms with Gasteiger partial charge >= 0.3 is 0 Å². The number of hydrogen-bond donors (Lipinski definition) is 1. The van der Waals surface area contributed by atoms with Crippen molar-refractivity contribution in [3.05, 3.63) is 105 Å². The van der Waals surface area contributed by atoms with Crippen molar-refractivity contribution in [3.63, 3.8) is 0 Å². The Balaban J connectivity index is 1.43. The molecule has 0 saturated carbocycles. The molecule has 0 unspecified atom stereocenters. The molecule has 0 aliphatic rings. The molecule has 0 bridgehead atoms. The first-order chi connectivity index (χ1) is 17.4. The Kier molecular flexibility index (Phi) is 6.47. The predicted molar refractivity (Wildman–Crippen MR) is 138 cm³/mol. The van der Waals surface area contributed by atoms with Crippen molar-refractivity contribution in [2.24, 2.45) is 0 Å². The van der Waals surface area contributed by atoms with E-state index in [1.54, 1.807) is 43.5 Å². The Morgan fingerprint density at radius 1 is 1.08 bits per heavy atom. The minimum atomic E-state index is -0.407. The number of rotatable bonds is 7. The Bertz CT molecular complexity index is 1620. The monoisotopic (exact) mass is 501 g/mol. The molecule has 36 heavy (non-hydrogen) atoms. The number of para-hydroxylation sites is 1. The third-order valence-corrected chi connectivity index (χ3v) is 6.84. The first-order valence-electron chi connectivity index (χ1n) is 11.5. The average Bonchev–Trinajstić information content (AvgIpc) is 3.43. The van der Waals surface area contributed by atoms with Crippen LogP contribution in [0, 0.1) is 19.7 Å². The minimum absolute atomic E-state index is 0.0571. The van der Waals surface area contributed by atoms with E-state index in [9.17, 15) is 14.0 Å². The van der Waals surface area contributed by atoms with Crippen molar-refractivity contribution < 1.29 is 9.18 Å². The first kappa shape index (κ1) is 23.6. The van der Waals surface area contributed by atoms with E-state index in [4.69, 9.17) is 0 Å². The van der Waals surface area contributed by atoms with E-state index in [1.165, 1.54) is 26.5 Å². The Morgan fingerprint density at radius 3 is 2.61 bits per heavy atom. The van der Waals surface area contributed by atoms with E-state index in [1.807, 2.05) is 30.3 Å². The summed E-state index contributed by atoms with van der Waals surface area (Å²) in [7, 11) is 0. The number of benzene rings is 2. The van der Waals surface area contributed by atoms with Crippen LogP contribution in [0.15, 0.2) is 70.8 Å². The van der Waals surface area contributed by atoms with Crippen LogP contribution in [0.1, 0.15) is 22.6 Å². The lowest BCUT2D eigenvalue weighted by atomic mass is 10.1. The van der Waals surface area contributed by atoms with Gasteiger partial charge in [-0.05, 0) is 44.0 Å². The highest BCUT2D eigenvalue weighted by atomic mass is 32.1. The number of nitrogens with zero attached hydrogens (tertiary/aromatic N) is 4. The van der Waals surface area contributed by atoms with Crippen LogP contribution in [0.5, 0.6) is 0 Å². The number of thiazole rings is 1. The van der Waals surface area contributed by atoms with Crippen LogP contribution in [0.4, 0.5) is 4.39 Å². The molecule has 3 aromatic heterocycles. The van der Waals surface area contributed by atoms with E-state index >= 15 is 0 Å². The zero-order chi connectivity index (χ0) is 25.2. The van der Waals surface area contributed by atoms with Gasteiger partial charge in [0.2, 0.25) is 5.91 Å². The molecule has 0 saturated heterocycles. The maximum atomic E-state index is 14.4. The summed E-state index contributed by atoms with van der Waals surface area (Å²) in [6, 6.07) is 18.0. The lowest BCUT2D eigenvalue weighted by molar-refractivity contribution is -0.120. The lowest BCUT2D eigenvalue weighted by Gasteiger charge is -2.07. The third kappa shape index (κ3) is 4.57. The smallest absolute Gasteiger partial charge is 0.268 e. The molecule has 1 amide bonds. The number of aromatic nitrogens is 4. The van der Waals surface area contributed by atoms with Crippen molar-refractivity contribution in [3.8, 4) is 16.9 Å². The number of fused-ring (bicyclic) bond motifs is 1. The topological polar surface area (TPSA) is 81.3 Å². The van der Waals surface area contributed by atoms with Crippen LogP contribution in [0.25, 0.3) is 21.9 Å². The molecule has 2 aromatic carbocycles. The molecule has 5 aromatic rings. The van der Waals surface area contributed by atoms with Gasteiger partial charge in [-0.15, -0.1) is 11.3 Å². The molecule has 1 N–H and O–H groups in total. The van der Waals surface area contributed by atoms with Crippen LogP contribution in [-0.4, -0.2) is 31.6 Å². The largest absolute Gasteiger partial charge is 0.355 e. The number of amides is 1. The Labute approximate surface area is 210 Å². The van der Waals surface area contributed by atoms with E-state index in [2.05, 4.69) is 15.4 Å². The van der Waals surface area contributed by atoms with Crippen LogP contribution < -0.4 is 10.9 Å². The fourth-order valence-corrected chi connectivity index (χ4v) is 5.13. The second kappa shape index (κ2) is 9.87. The van der Waals surface area contributed by atoms with E-state index in [0.717, 1.165) is 12.0 Å². The predicted octanol–water partition coefficient (Wildman–Crippen LogP) is 4.27. The fourth-order valence-electron chi connectivity index (χ4n) is 4.21. The molecule has 0 fully saturated rings. The Morgan fingerprint density at radius 2 is 1.83 bits per heavy atom. The highest BCUT2D eigenvalue weighted by Crippen LogP contribution is 2.24. The van der Waals surface area contributed by atoms with Gasteiger partial charge in [0.25, 0.3) is 5.56 Å². The van der Waals surface area contributed by atoms with Crippen molar-refractivity contribution in [1.29, 1.82) is 0 Å². The van der Waals surface area contributed by atoms with Gasteiger partial charge in [-0.25, -0.2) is 14.1 Å². The maximum Gasteiger partial charge on any atom is 0.268 e. The van der Waals surface area contributed by atoms with Gasteiger partial charge in [-0.3, -0.25) is 14.0 Å². The lowest BCUT2D eigenvalue weighted by Crippen LogP contribution is -2.29. The number of carbonyl (C=O) groups is 1. The molecule has 182 valence electrons. The van der Waals surface area contributed by atoms with Crippen LogP contribution in [0.3, 0.4) is 0 Å². The summed E-state index contributed by atoms with van der Waals surface area (Å²) in [6.07, 6.45) is 0.785. The molecule has 5 rings (SSSR count). The molecule has 0 radical (unpaired) electrons. The molecule has 3 heterocycles. The second-order valence-electron chi connectivity index (χ2n) is 8.52. The van der Waals surface area contributed by atoms with Crippen LogP contribution in [0.2, 0.25) is 0 Å². The summed E-state index contributed by atoms with van der Waals surface area (Å²) >= 11 is 1.31. The highest BCUT2D eigenvalue weighted by molar-refractivity contribution is 7.15. The van der Waals surface area contributed by atoms with Gasteiger partial charge in [0.1, 0.15) is 17.2 Å². The minimum Gasteiger partial charge on any atom is -0.355 e. The van der Waals surface area contributed by atoms with Gasteiger partial charge < -0.3 is 5.32 Å². The van der Waals surface area contributed by atoms with Gasteiger partial charge in [-0.1, -0.05) is 42.5 Å². The summed E-state index contributed by atoms with van der Waals surface area (Å²) in [4.78, 5) is 31.3. The number of nitrogens with one attached hydrogen (secondary N) is 1. The Hall–Kier alpha value is -4.11. The SMILES string of the molecule is Cc1nc2scc(CC(=O)NCCc3ccccc3)n2c(=O)c1-c1cc(C)n(-c2ccccc2F)n1. The zero-order valence-corrected chi connectivity index (χ0v) is 20.7. The molecule has 0 spiro atoms. The summed E-state index contributed by atoms with van der Waals surface area (Å²) in [5.41, 5.74) is 3.65. The zero-order valence-electron chi connectivity index (χ0n) is 19.9. The van der Waals surface area contributed by atoms with Gasteiger partial charge in [0.15, 0.2) is 4.96 Å². The van der Waals surface area contributed by atoms with Gasteiger partial charge in [0, 0.05) is 23.3 Å². The second-order valence-corrected chi connectivity index (χ2v) is 9.36. The van der Waals surface area contributed by atoms with Crippen LogP contribution in [-0.2, 0) is 17.6 Å². The molecule has 9 heteroatoms. The number of aryl methyl sites for hydroxylation is 2. The summed E-state index contributed by atoms with van der Waals surface area (Å²) in [5.74, 6) is -0.574. The fraction of sp³-hybridized carbons (Fsp3) is 0.185.